The summed E-state index contributed by atoms with van der Waals surface area (Å²) in [5.41, 5.74) is 2.98. The Morgan fingerprint density at radius 1 is 1.24 bits per heavy atom. The second-order valence-electron chi connectivity index (χ2n) is 6.08. The van der Waals surface area contributed by atoms with Crippen molar-refractivity contribution >= 4 is 24.2 Å². The van der Waals surface area contributed by atoms with Gasteiger partial charge in [-0.3, -0.25) is 9.80 Å². The summed E-state index contributed by atoms with van der Waals surface area (Å²) in [4.78, 5) is 37.0. The van der Waals surface area contributed by atoms with Crippen LogP contribution in [-0.2, 0) is 22.6 Å². The first kappa shape index (κ1) is 16.8. The van der Waals surface area contributed by atoms with Gasteiger partial charge in [-0.2, -0.15) is 0 Å². The maximum atomic E-state index is 12.4. The van der Waals surface area contributed by atoms with Crippen molar-refractivity contribution in [2.24, 2.45) is 0 Å². The number of carboxylic acid groups (broad SMARTS) is 2. The van der Waals surface area contributed by atoms with E-state index in [1.54, 1.807) is 6.08 Å². The van der Waals surface area contributed by atoms with Gasteiger partial charge < -0.3 is 14.9 Å². The molecule has 2 aliphatic rings. The van der Waals surface area contributed by atoms with Crippen molar-refractivity contribution < 1.29 is 29.3 Å². The molecule has 1 saturated heterocycles. The lowest BCUT2D eigenvalue weighted by atomic mass is 10.0. The van der Waals surface area contributed by atoms with Gasteiger partial charge in [-0.05, 0) is 16.7 Å². The molecule has 2 amide bonds. The molecule has 3 rings (SSSR count). The van der Waals surface area contributed by atoms with E-state index in [0.29, 0.717) is 13.1 Å². The number of hydrogen-bond acceptors (Lipinski definition) is 4. The number of carboxylic acids is 1. The van der Waals surface area contributed by atoms with Crippen LogP contribution in [0.25, 0.3) is 6.08 Å². The number of carbonyl (C=O) groups is 3. The van der Waals surface area contributed by atoms with Gasteiger partial charge in [0, 0.05) is 13.0 Å². The zero-order valence-corrected chi connectivity index (χ0v) is 13.4. The zero-order chi connectivity index (χ0) is 18.1. The smallest absolute Gasteiger partial charge is 0.410 e. The van der Waals surface area contributed by atoms with E-state index in [1.165, 1.54) is 4.90 Å². The van der Waals surface area contributed by atoms with E-state index in [-0.39, 0.29) is 13.0 Å². The molecule has 0 aliphatic carbocycles. The van der Waals surface area contributed by atoms with Crippen molar-refractivity contribution in [2.45, 2.75) is 31.7 Å². The Bertz CT molecular complexity index is 725. The van der Waals surface area contributed by atoms with Crippen LogP contribution in [-0.4, -0.2) is 56.9 Å². The molecule has 0 unspecified atom stereocenters. The average molecular weight is 346 g/mol. The molecule has 1 aromatic carbocycles. The van der Waals surface area contributed by atoms with Gasteiger partial charge in [-0.1, -0.05) is 30.9 Å². The lowest BCUT2D eigenvalue weighted by molar-refractivity contribution is -0.141. The van der Waals surface area contributed by atoms with E-state index in [2.05, 4.69) is 6.58 Å². The number of benzene rings is 1. The van der Waals surface area contributed by atoms with Crippen molar-refractivity contribution in [1.82, 2.24) is 9.80 Å². The fourth-order valence-corrected chi connectivity index (χ4v) is 3.31. The minimum Gasteiger partial charge on any atom is -0.480 e. The molecular weight excluding hydrogens is 328 g/mol. The highest BCUT2D eigenvalue weighted by Crippen LogP contribution is 2.28. The fourth-order valence-electron chi connectivity index (χ4n) is 3.31. The van der Waals surface area contributed by atoms with Crippen LogP contribution in [0.4, 0.5) is 9.59 Å². The predicted octanol–water partition coefficient (Wildman–Crippen LogP) is 1.99. The molecule has 2 heterocycles. The van der Waals surface area contributed by atoms with Crippen LogP contribution < -0.4 is 0 Å². The molecule has 132 valence electrons. The Morgan fingerprint density at radius 3 is 2.60 bits per heavy atom. The third kappa shape index (κ3) is 3.15. The van der Waals surface area contributed by atoms with Crippen molar-refractivity contribution in [1.29, 1.82) is 0 Å². The molecule has 2 N–H and O–H groups in total. The Kier molecular flexibility index (Phi) is 4.35. The van der Waals surface area contributed by atoms with Gasteiger partial charge >= 0.3 is 18.2 Å². The lowest BCUT2D eigenvalue weighted by Crippen LogP contribution is -2.39. The number of amides is 2. The van der Waals surface area contributed by atoms with Crippen LogP contribution >= 0.6 is 0 Å². The van der Waals surface area contributed by atoms with Crippen molar-refractivity contribution in [3.63, 3.8) is 0 Å². The molecule has 8 heteroatoms. The van der Waals surface area contributed by atoms with Crippen LogP contribution in [0, 0.1) is 0 Å². The fraction of sp³-hybridized carbons (Fsp3) is 0.353. The number of ether oxygens (including phenoxy) is 1. The van der Waals surface area contributed by atoms with Gasteiger partial charge in [0.15, 0.2) is 0 Å². The molecule has 2 atom stereocenters. The van der Waals surface area contributed by atoms with Crippen molar-refractivity contribution in [3.8, 4) is 0 Å². The average Bonchev–Trinajstić information content (AvgIpc) is 3.18. The molecule has 1 fully saturated rings. The van der Waals surface area contributed by atoms with E-state index in [4.69, 9.17) is 14.9 Å². The Labute approximate surface area is 143 Å². The number of hydrogen-bond donors (Lipinski definition) is 2. The number of rotatable bonds is 3. The number of nitrogens with zero attached hydrogens (tertiary/aromatic N) is 2. The van der Waals surface area contributed by atoms with E-state index in [0.717, 1.165) is 21.6 Å². The molecule has 0 bridgehead atoms. The quantitative estimate of drug-likeness (QED) is 0.867. The first-order valence-corrected chi connectivity index (χ1v) is 7.81. The Balaban J connectivity index is 1.65. The van der Waals surface area contributed by atoms with E-state index in [9.17, 15) is 14.4 Å². The summed E-state index contributed by atoms with van der Waals surface area (Å²) < 4.78 is 5.35. The van der Waals surface area contributed by atoms with Crippen molar-refractivity contribution in [3.05, 3.63) is 41.5 Å². The minimum atomic E-state index is -1.34. The Morgan fingerprint density at radius 2 is 2.00 bits per heavy atom. The Hall–Kier alpha value is -3.03. The van der Waals surface area contributed by atoms with Gasteiger partial charge in [-0.15, -0.1) is 0 Å². The van der Waals surface area contributed by atoms with E-state index < -0.39 is 30.3 Å². The molecule has 0 spiro atoms. The number of carbonyl (C=O) groups excluding carboxylic acids is 1. The largest absolute Gasteiger partial charge is 0.480 e. The standard InChI is InChI=1S/C17H18N2O6/c1-2-10-4-3-5-11-7-18(9-13(10)11)17(24)25-12-6-14(15(20)21)19(8-12)16(22)23/h2-5,12,14H,1,6-9H2,(H,20,21)(H,22,23)/t12-,14-/m1/s1. The maximum absolute atomic E-state index is 12.4. The summed E-state index contributed by atoms with van der Waals surface area (Å²) in [6, 6.07) is 4.54. The predicted molar refractivity (Wildman–Crippen MR) is 86.8 cm³/mol. The summed E-state index contributed by atoms with van der Waals surface area (Å²) in [5, 5.41) is 18.2. The monoisotopic (exact) mass is 346 g/mol. The van der Waals surface area contributed by atoms with Gasteiger partial charge in [0.1, 0.15) is 12.1 Å². The van der Waals surface area contributed by atoms with Crippen LogP contribution in [0.15, 0.2) is 24.8 Å². The van der Waals surface area contributed by atoms with E-state index >= 15 is 0 Å². The molecule has 0 radical (unpaired) electrons. The molecule has 25 heavy (non-hydrogen) atoms. The lowest BCUT2D eigenvalue weighted by Gasteiger charge is -2.19. The highest BCUT2D eigenvalue weighted by Gasteiger charge is 2.42. The van der Waals surface area contributed by atoms with Crippen LogP contribution in [0.5, 0.6) is 0 Å². The minimum absolute atomic E-state index is 0.0495. The molecular formula is C17H18N2O6. The first-order valence-electron chi connectivity index (χ1n) is 7.81. The second-order valence-corrected chi connectivity index (χ2v) is 6.08. The maximum Gasteiger partial charge on any atom is 0.410 e. The zero-order valence-electron chi connectivity index (χ0n) is 13.4. The third-order valence-corrected chi connectivity index (χ3v) is 4.56. The topological polar surface area (TPSA) is 107 Å². The number of aliphatic carboxylic acids is 1. The van der Waals surface area contributed by atoms with Crippen LogP contribution in [0.1, 0.15) is 23.1 Å². The number of likely N-dealkylation sites (tertiary alicyclic amines) is 1. The summed E-state index contributed by atoms with van der Waals surface area (Å²) in [5.74, 6) is -1.25. The highest BCUT2D eigenvalue weighted by molar-refractivity contribution is 5.80. The molecule has 0 saturated carbocycles. The third-order valence-electron chi connectivity index (χ3n) is 4.56. The van der Waals surface area contributed by atoms with Crippen LogP contribution in [0.2, 0.25) is 0 Å². The molecule has 0 aromatic heterocycles. The summed E-state index contributed by atoms with van der Waals surface area (Å²) in [6.07, 6.45) is -1.01. The van der Waals surface area contributed by atoms with Gasteiger partial charge in [0.05, 0.1) is 13.1 Å². The normalized spacial score (nSPS) is 21.8. The van der Waals surface area contributed by atoms with Crippen molar-refractivity contribution in [2.75, 3.05) is 6.54 Å². The van der Waals surface area contributed by atoms with Gasteiger partial charge in [0.2, 0.25) is 0 Å². The number of fused-ring (bicyclic) bond motifs is 1. The first-order chi connectivity index (χ1) is 11.9. The van der Waals surface area contributed by atoms with Gasteiger partial charge in [0.25, 0.3) is 0 Å². The van der Waals surface area contributed by atoms with Crippen LogP contribution in [0.3, 0.4) is 0 Å². The highest BCUT2D eigenvalue weighted by atomic mass is 16.6. The molecule has 2 aliphatic heterocycles. The SMILES string of the molecule is C=Cc1cccc2c1CN(C(=O)O[C@@H]1C[C@H](C(=O)O)N(C(=O)O)C1)C2. The summed E-state index contributed by atoms with van der Waals surface area (Å²) in [6.45, 7) is 4.40. The second kappa shape index (κ2) is 6.46. The molecule has 8 nitrogen and oxygen atoms in total. The molecule has 1 aromatic rings. The van der Waals surface area contributed by atoms with E-state index in [1.807, 2.05) is 18.2 Å². The summed E-state index contributed by atoms with van der Waals surface area (Å²) >= 11 is 0. The van der Waals surface area contributed by atoms with Gasteiger partial charge in [-0.25, -0.2) is 14.4 Å². The summed E-state index contributed by atoms with van der Waals surface area (Å²) in [7, 11) is 0.